The van der Waals surface area contributed by atoms with Gasteiger partial charge >= 0.3 is 0 Å². The number of halogens is 1. The summed E-state index contributed by atoms with van der Waals surface area (Å²) in [6, 6.07) is 0. The molecule has 202 valence electrons. The molecule has 2 saturated carbocycles. The van der Waals surface area contributed by atoms with E-state index in [1.165, 1.54) is 0 Å². The van der Waals surface area contributed by atoms with Gasteiger partial charge < -0.3 is 24.1 Å². The number of rotatable bonds is 9. The molecule has 4 rings (SSSR count). The molecule has 2 aliphatic carbocycles. The lowest BCUT2D eigenvalue weighted by atomic mass is 9.81. The van der Waals surface area contributed by atoms with Crippen LogP contribution in [0.1, 0.15) is 85.0 Å². The van der Waals surface area contributed by atoms with Crippen LogP contribution in [-0.2, 0) is 18.9 Å². The van der Waals surface area contributed by atoms with Crippen molar-refractivity contribution in [2.24, 2.45) is 23.2 Å². The summed E-state index contributed by atoms with van der Waals surface area (Å²) in [7, 11) is 0. The molecule has 5 nitrogen and oxygen atoms in total. The van der Waals surface area contributed by atoms with Gasteiger partial charge in [-0.3, -0.25) is 0 Å². The van der Waals surface area contributed by atoms with Crippen LogP contribution in [0.25, 0.3) is 0 Å². The number of aliphatic hydroxyl groups excluding tert-OH is 1. The van der Waals surface area contributed by atoms with Gasteiger partial charge in [-0.25, -0.2) is 4.39 Å². The Morgan fingerprint density at radius 3 is 2.50 bits per heavy atom. The first-order valence-corrected chi connectivity index (χ1v) is 14.0. The van der Waals surface area contributed by atoms with Crippen LogP contribution in [0.4, 0.5) is 4.39 Å². The van der Waals surface area contributed by atoms with Gasteiger partial charge in [0, 0.05) is 31.0 Å². The van der Waals surface area contributed by atoms with E-state index in [1.807, 2.05) is 6.92 Å². The summed E-state index contributed by atoms with van der Waals surface area (Å²) in [5.74, 6) is 6.73. The van der Waals surface area contributed by atoms with Crippen molar-refractivity contribution in [3.63, 3.8) is 0 Å². The Bertz CT molecular complexity index is 828. The summed E-state index contributed by atoms with van der Waals surface area (Å²) in [5, 5.41) is 9.36. The average Bonchev–Trinajstić information content (AvgIpc) is 3.44. The monoisotopic (exact) mass is 504 g/mol. The summed E-state index contributed by atoms with van der Waals surface area (Å²) in [4.78, 5) is 0. The van der Waals surface area contributed by atoms with Crippen molar-refractivity contribution in [1.29, 1.82) is 0 Å². The van der Waals surface area contributed by atoms with Crippen molar-refractivity contribution in [1.82, 2.24) is 0 Å². The fourth-order valence-electron chi connectivity index (χ4n) is 6.32. The van der Waals surface area contributed by atoms with Gasteiger partial charge in [0.2, 0.25) is 0 Å². The number of fused-ring (bicyclic) bond motifs is 1. The molecule has 7 atom stereocenters. The molecule has 2 heterocycles. The Hall–Kier alpha value is -1.23. The zero-order valence-corrected chi connectivity index (χ0v) is 22.3. The lowest BCUT2D eigenvalue weighted by molar-refractivity contribution is -0.197. The minimum atomic E-state index is -0.505. The lowest BCUT2D eigenvalue weighted by Gasteiger charge is -2.35. The molecule has 4 aliphatic rings. The highest BCUT2D eigenvalue weighted by molar-refractivity contribution is 5.21. The second kappa shape index (κ2) is 13.0. The molecule has 2 aliphatic heterocycles. The largest absolute Gasteiger partial charge is 0.389 e. The van der Waals surface area contributed by atoms with Gasteiger partial charge in [-0.05, 0) is 82.1 Å². The van der Waals surface area contributed by atoms with Gasteiger partial charge in [0.25, 0.3) is 0 Å². The standard InChI is InChI=1S/C30H45FO5/c1-4-5-14-30(2,3)27(36-29-11-7-9-16-34-29)13-12-23-24-18-22(25(31)20-32)17-21(24)19-26(23)35-28-10-6-8-15-33-28/h12-13,21,23-24,26-29,32H,6-11,14-20H2,1-3H3/b13-12+,25-22+/t21-,23+,24-,26+,27+,28?,29?/m0/s1. The third-order valence-electron chi connectivity index (χ3n) is 8.48. The van der Waals surface area contributed by atoms with Gasteiger partial charge in [-0.15, -0.1) is 11.8 Å². The second-order valence-electron chi connectivity index (χ2n) is 11.6. The van der Waals surface area contributed by atoms with Crippen LogP contribution in [-0.4, -0.2) is 49.7 Å². The van der Waals surface area contributed by atoms with Crippen LogP contribution in [0, 0.1) is 35.0 Å². The molecule has 2 unspecified atom stereocenters. The normalized spacial score (nSPS) is 35.4. The van der Waals surface area contributed by atoms with Crippen molar-refractivity contribution >= 4 is 0 Å². The molecule has 2 saturated heterocycles. The molecule has 0 spiro atoms. The Morgan fingerprint density at radius 1 is 1.14 bits per heavy atom. The first-order valence-electron chi connectivity index (χ1n) is 14.0. The Balaban J connectivity index is 1.55. The molecule has 0 aromatic carbocycles. The zero-order valence-electron chi connectivity index (χ0n) is 22.3. The summed E-state index contributed by atoms with van der Waals surface area (Å²) >= 11 is 0. The third-order valence-corrected chi connectivity index (χ3v) is 8.48. The summed E-state index contributed by atoms with van der Waals surface area (Å²) in [6.45, 7) is 7.26. The lowest BCUT2D eigenvalue weighted by Crippen LogP contribution is -2.36. The Labute approximate surface area is 216 Å². The topological polar surface area (TPSA) is 57.2 Å². The van der Waals surface area contributed by atoms with Crippen LogP contribution in [0.2, 0.25) is 0 Å². The molecular formula is C30H45FO5. The van der Waals surface area contributed by atoms with E-state index < -0.39 is 6.61 Å². The summed E-state index contributed by atoms with van der Waals surface area (Å²) in [5.41, 5.74) is 0.588. The molecular weight excluding hydrogens is 459 g/mol. The molecule has 0 amide bonds. The fraction of sp³-hybridized carbons (Fsp3) is 0.800. The first kappa shape index (κ1) is 27.8. The van der Waals surface area contributed by atoms with Gasteiger partial charge in [-0.2, -0.15) is 0 Å². The van der Waals surface area contributed by atoms with Crippen LogP contribution >= 0.6 is 0 Å². The zero-order chi connectivity index (χ0) is 25.5. The Morgan fingerprint density at radius 2 is 1.86 bits per heavy atom. The van der Waals surface area contributed by atoms with Crippen molar-refractivity contribution in [2.75, 3.05) is 19.8 Å². The van der Waals surface area contributed by atoms with E-state index in [0.29, 0.717) is 24.7 Å². The van der Waals surface area contributed by atoms with Gasteiger partial charge in [0.1, 0.15) is 5.83 Å². The maximum absolute atomic E-state index is 14.3. The average molecular weight is 505 g/mol. The molecule has 4 fully saturated rings. The fourth-order valence-corrected chi connectivity index (χ4v) is 6.32. The predicted molar refractivity (Wildman–Crippen MR) is 137 cm³/mol. The van der Waals surface area contributed by atoms with Crippen molar-refractivity contribution in [3.05, 3.63) is 23.6 Å². The van der Waals surface area contributed by atoms with Crippen molar-refractivity contribution < 1.29 is 28.4 Å². The van der Waals surface area contributed by atoms with Crippen LogP contribution in [0.15, 0.2) is 23.6 Å². The predicted octanol–water partition coefficient (Wildman–Crippen LogP) is 6.07. The summed E-state index contributed by atoms with van der Waals surface area (Å²) < 4.78 is 39.2. The third kappa shape index (κ3) is 6.99. The minimum absolute atomic E-state index is 0.0446. The number of aliphatic hydroxyl groups is 1. The van der Waals surface area contributed by atoms with E-state index in [-0.39, 0.29) is 41.9 Å². The smallest absolute Gasteiger partial charge is 0.158 e. The summed E-state index contributed by atoms with van der Waals surface area (Å²) in [6.07, 6.45) is 13.3. The molecule has 0 aromatic heterocycles. The molecule has 6 heteroatoms. The van der Waals surface area contributed by atoms with E-state index in [2.05, 4.69) is 37.8 Å². The second-order valence-corrected chi connectivity index (χ2v) is 11.6. The SMILES string of the molecule is CC#CCC(C)(C)[C@@H](/C=C/[C@@H]1[C@H]2C/C(=C(/F)CO)C[C@H]2C[C@H]1OC1CCCCO1)OC1CCCCO1. The molecule has 0 radical (unpaired) electrons. The highest BCUT2D eigenvalue weighted by Crippen LogP contribution is 2.52. The van der Waals surface area contributed by atoms with E-state index in [4.69, 9.17) is 18.9 Å². The van der Waals surface area contributed by atoms with E-state index in [0.717, 1.165) is 70.2 Å². The van der Waals surface area contributed by atoms with Gasteiger partial charge in [0.15, 0.2) is 12.6 Å². The Kier molecular flexibility index (Phi) is 10.1. The van der Waals surface area contributed by atoms with E-state index in [9.17, 15) is 9.50 Å². The van der Waals surface area contributed by atoms with Crippen LogP contribution in [0.3, 0.4) is 0 Å². The van der Waals surface area contributed by atoms with E-state index in [1.54, 1.807) is 0 Å². The molecule has 1 N–H and O–H groups in total. The maximum atomic E-state index is 14.3. The maximum Gasteiger partial charge on any atom is 0.158 e. The van der Waals surface area contributed by atoms with Crippen LogP contribution < -0.4 is 0 Å². The number of hydrogen-bond donors (Lipinski definition) is 1. The molecule has 0 bridgehead atoms. The van der Waals surface area contributed by atoms with Crippen molar-refractivity contribution in [2.45, 2.75) is 110 Å². The molecule has 36 heavy (non-hydrogen) atoms. The number of allylic oxidation sites excluding steroid dienone is 1. The highest BCUT2D eigenvalue weighted by Gasteiger charge is 2.48. The van der Waals surface area contributed by atoms with Gasteiger partial charge in [0.05, 0.1) is 18.8 Å². The van der Waals surface area contributed by atoms with Gasteiger partial charge in [-0.1, -0.05) is 26.0 Å². The van der Waals surface area contributed by atoms with Crippen molar-refractivity contribution in [3.8, 4) is 11.8 Å². The number of hydrogen-bond acceptors (Lipinski definition) is 5. The van der Waals surface area contributed by atoms with E-state index >= 15 is 0 Å². The number of ether oxygens (including phenoxy) is 4. The first-order chi connectivity index (χ1) is 17.4. The van der Waals surface area contributed by atoms with Crippen LogP contribution in [0.5, 0.6) is 0 Å². The highest BCUT2D eigenvalue weighted by atomic mass is 19.1. The molecule has 0 aromatic rings. The quantitative estimate of drug-likeness (QED) is 0.305. The minimum Gasteiger partial charge on any atom is -0.389 e.